The predicted molar refractivity (Wildman–Crippen MR) is 96.0 cm³/mol. The highest BCUT2D eigenvalue weighted by molar-refractivity contribution is 7.09. The molecule has 0 aliphatic heterocycles. The Bertz CT molecular complexity index is 504. The molecule has 0 bridgehead atoms. The molecule has 2 N–H and O–H groups in total. The lowest BCUT2D eigenvalue weighted by Crippen LogP contribution is -2.55. The zero-order valence-electron chi connectivity index (χ0n) is 15.4. The van der Waals surface area contributed by atoms with Crippen LogP contribution >= 0.6 is 11.3 Å². The number of ether oxygens (including phenoxy) is 1. The Morgan fingerprint density at radius 1 is 1.35 bits per heavy atom. The van der Waals surface area contributed by atoms with Crippen LogP contribution < -0.4 is 10.6 Å². The number of alkyl carbamates (subject to hydrolysis) is 1. The summed E-state index contributed by atoms with van der Waals surface area (Å²) >= 11 is 1.66. The van der Waals surface area contributed by atoms with Gasteiger partial charge in [-0.1, -0.05) is 13.8 Å². The van der Waals surface area contributed by atoms with Crippen LogP contribution in [-0.2, 0) is 4.74 Å². The molecule has 1 unspecified atom stereocenters. The fourth-order valence-corrected chi connectivity index (χ4v) is 3.24. The van der Waals surface area contributed by atoms with Crippen molar-refractivity contribution in [2.24, 2.45) is 0 Å². The van der Waals surface area contributed by atoms with Crippen LogP contribution in [-0.4, -0.2) is 28.8 Å². The van der Waals surface area contributed by atoms with Gasteiger partial charge >= 0.3 is 6.09 Å². The van der Waals surface area contributed by atoms with Gasteiger partial charge in [0, 0.05) is 17.5 Å². The van der Waals surface area contributed by atoms with E-state index in [1.54, 1.807) is 11.3 Å². The molecule has 0 aromatic carbocycles. The first-order chi connectivity index (χ1) is 10.6. The maximum atomic E-state index is 12.2. The normalized spacial score (nSPS) is 13.7. The molecule has 0 spiro atoms. The van der Waals surface area contributed by atoms with Gasteiger partial charge in [-0.3, -0.25) is 0 Å². The predicted octanol–water partition coefficient (Wildman–Crippen LogP) is 4.19. The molecule has 1 atom stereocenters. The second-order valence-corrected chi connectivity index (χ2v) is 7.91. The third-order valence-corrected chi connectivity index (χ3v) is 5.16. The van der Waals surface area contributed by atoms with Gasteiger partial charge in [0.05, 0.1) is 16.7 Å². The fraction of sp³-hybridized carbons (Fsp3) is 0.765. The van der Waals surface area contributed by atoms with Crippen molar-refractivity contribution in [1.29, 1.82) is 0 Å². The van der Waals surface area contributed by atoms with E-state index in [-0.39, 0.29) is 17.7 Å². The molecule has 5 nitrogen and oxygen atoms in total. The molecule has 1 aromatic rings. The maximum absolute atomic E-state index is 12.2. The number of thiazole rings is 1. The zero-order chi connectivity index (χ0) is 17.7. The molecule has 1 heterocycles. The summed E-state index contributed by atoms with van der Waals surface area (Å²) in [5, 5.41) is 6.60. The highest BCUT2D eigenvalue weighted by Crippen LogP contribution is 2.23. The summed E-state index contributed by atoms with van der Waals surface area (Å²) in [4.78, 5) is 17.7. The number of carbonyl (C=O) groups excluding carboxylic acids is 1. The van der Waals surface area contributed by atoms with Crippen molar-refractivity contribution in [2.45, 2.75) is 78.5 Å². The van der Waals surface area contributed by atoms with Gasteiger partial charge in [-0.05, 0) is 47.5 Å². The molecule has 0 saturated carbocycles. The molecule has 0 fully saturated rings. The van der Waals surface area contributed by atoms with E-state index in [1.807, 2.05) is 33.2 Å². The largest absolute Gasteiger partial charge is 0.444 e. The van der Waals surface area contributed by atoms with Crippen molar-refractivity contribution in [3.63, 3.8) is 0 Å². The number of nitrogens with one attached hydrogen (secondary N) is 2. The second-order valence-electron chi connectivity index (χ2n) is 7.02. The Morgan fingerprint density at radius 3 is 2.39 bits per heavy atom. The molecular weight excluding hydrogens is 310 g/mol. The van der Waals surface area contributed by atoms with Crippen LogP contribution in [0.15, 0.2) is 5.51 Å². The summed E-state index contributed by atoms with van der Waals surface area (Å²) in [6.07, 6.45) is 1.32. The highest BCUT2D eigenvalue weighted by atomic mass is 32.1. The Morgan fingerprint density at radius 2 is 1.96 bits per heavy atom. The first kappa shape index (κ1) is 19.9. The van der Waals surface area contributed by atoms with Crippen LogP contribution in [0.3, 0.4) is 0 Å². The molecule has 0 saturated heterocycles. The van der Waals surface area contributed by atoms with Gasteiger partial charge in [0.1, 0.15) is 5.60 Å². The molecule has 1 rings (SSSR count). The second kappa shape index (κ2) is 8.11. The Balaban J connectivity index is 2.69. The van der Waals surface area contributed by atoms with E-state index in [4.69, 9.17) is 4.74 Å². The minimum atomic E-state index is -0.488. The molecule has 6 heteroatoms. The summed E-state index contributed by atoms with van der Waals surface area (Å²) in [6.45, 7) is 14.6. The smallest absolute Gasteiger partial charge is 0.408 e. The SMILES string of the molecule is CCC(CC)(CNC(C)c1scnc1C)NC(=O)OC(C)(C)C. The van der Waals surface area contributed by atoms with Crippen LogP contribution in [0.5, 0.6) is 0 Å². The first-order valence-corrected chi connectivity index (χ1v) is 9.15. The number of nitrogens with zero attached hydrogens (tertiary/aromatic N) is 1. The molecule has 0 aliphatic rings. The highest BCUT2D eigenvalue weighted by Gasteiger charge is 2.31. The van der Waals surface area contributed by atoms with Gasteiger partial charge in [-0.15, -0.1) is 11.3 Å². The van der Waals surface area contributed by atoms with Crippen molar-refractivity contribution >= 4 is 17.4 Å². The molecular formula is C17H31N3O2S. The number of hydrogen-bond acceptors (Lipinski definition) is 5. The number of amides is 1. The average molecular weight is 342 g/mol. The van der Waals surface area contributed by atoms with E-state index in [1.165, 1.54) is 4.88 Å². The molecule has 1 amide bonds. The van der Waals surface area contributed by atoms with Gasteiger partial charge in [0.15, 0.2) is 0 Å². The molecule has 0 aliphatic carbocycles. The third-order valence-electron chi connectivity index (χ3n) is 4.04. The van der Waals surface area contributed by atoms with Crippen molar-refractivity contribution in [3.8, 4) is 0 Å². The van der Waals surface area contributed by atoms with E-state index in [2.05, 4.69) is 36.4 Å². The van der Waals surface area contributed by atoms with Gasteiger partial charge < -0.3 is 15.4 Å². The van der Waals surface area contributed by atoms with Crippen LogP contribution in [0.2, 0.25) is 0 Å². The van der Waals surface area contributed by atoms with Gasteiger partial charge in [-0.25, -0.2) is 9.78 Å². The molecule has 0 radical (unpaired) electrons. The Labute approximate surface area is 144 Å². The van der Waals surface area contributed by atoms with Crippen LogP contribution in [0.25, 0.3) is 0 Å². The Hall–Kier alpha value is -1.14. The fourth-order valence-electron chi connectivity index (χ4n) is 2.41. The number of carbonyl (C=O) groups is 1. The molecule has 23 heavy (non-hydrogen) atoms. The molecule has 1 aromatic heterocycles. The lowest BCUT2D eigenvalue weighted by Gasteiger charge is -2.35. The zero-order valence-corrected chi connectivity index (χ0v) is 16.3. The summed E-state index contributed by atoms with van der Waals surface area (Å²) in [6, 6.07) is 0.209. The maximum Gasteiger partial charge on any atom is 0.408 e. The monoisotopic (exact) mass is 341 g/mol. The van der Waals surface area contributed by atoms with Crippen molar-refractivity contribution < 1.29 is 9.53 Å². The summed E-state index contributed by atoms with van der Waals surface area (Å²) < 4.78 is 5.41. The third kappa shape index (κ3) is 6.11. The summed E-state index contributed by atoms with van der Waals surface area (Å²) in [7, 11) is 0. The Kier molecular flexibility index (Phi) is 7.02. The van der Waals surface area contributed by atoms with Crippen molar-refractivity contribution in [2.75, 3.05) is 6.54 Å². The summed E-state index contributed by atoms with van der Waals surface area (Å²) in [5.41, 5.74) is 2.13. The topological polar surface area (TPSA) is 63.2 Å². The summed E-state index contributed by atoms with van der Waals surface area (Å²) in [5.74, 6) is 0. The minimum Gasteiger partial charge on any atom is -0.444 e. The molecule has 132 valence electrons. The van der Waals surface area contributed by atoms with Crippen LogP contribution in [0, 0.1) is 6.92 Å². The van der Waals surface area contributed by atoms with E-state index < -0.39 is 5.60 Å². The van der Waals surface area contributed by atoms with Gasteiger partial charge in [0.25, 0.3) is 0 Å². The van der Waals surface area contributed by atoms with E-state index >= 15 is 0 Å². The van der Waals surface area contributed by atoms with Gasteiger partial charge in [0.2, 0.25) is 0 Å². The standard InChI is InChI=1S/C17H31N3O2S/c1-8-17(9-2,20-15(21)22-16(5,6)7)10-18-12(3)14-13(4)19-11-23-14/h11-12,18H,8-10H2,1-7H3,(H,20,21). The minimum absolute atomic E-state index is 0.209. The lowest BCUT2D eigenvalue weighted by molar-refractivity contribution is 0.0444. The van der Waals surface area contributed by atoms with E-state index in [0.717, 1.165) is 18.5 Å². The number of rotatable bonds is 7. The van der Waals surface area contributed by atoms with Crippen molar-refractivity contribution in [3.05, 3.63) is 16.1 Å². The average Bonchev–Trinajstić information content (AvgIpc) is 2.87. The lowest BCUT2D eigenvalue weighted by atomic mass is 9.92. The van der Waals surface area contributed by atoms with Crippen molar-refractivity contribution in [1.82, 2.24) is 15.6 Å². The van der Waals surface area contributed by atoms with E-state index in [0.29, 0.717) is 6.54 Å². The van der Waals surface area contributed by atoms with E-state index in [9.17, 15) is 4.79 Å². The van der Waals surface area contributed by atoms with Crippen LogP contribution in [0.4, 0.5) is 4.79 Å². The number of aryl methyl sites for hydroxylation is 1. The van der Waals surface area contributed by atoms with Gasteiger partial charge in [-0.2, -0.15) is 0 Å². The number of hydrogen-bond donors (Lipinski definition) is 2. The number of aromatic nitrogens is 1. The van der Waals surface area contributed by atoms with Crippen LogP contribution in [0.1, 0.15) is 71.0 Å². The first-order valence-electron chi connectivity index (χ1n) is 8.27. The quantitative estimate of drug-likeness (QED) is 0.781.